The first-order valence-corrected chi connectivity index (χ1v) is 11.6. The van der Waals surface area contributed by atoms with Gasteiger partial charge in [-0.2, -0.15) is 0 Å². The SMILES string of the molecule is COc1cccc(CN(C)C(=O)Cn2c3ccccc3c3cc(-c4ccccc4Cl)ccc32)c1. The van der Waals surface area contributed by atoms with E-state index >= 15 is 0 Å². The van der Waals surface area contributed by atoms with E-state index in [1.807, 2.05) is 67.7 Å². The fourth-order valence-electron chi connectivity index (χ4n) is 4.48. The molecule has 1 heterocycles. The van der Waals surface area contributed by atoms with Crippen LogP contribution >= 0.6 is 11.6 Å². The minimum atomic E-state index is 0.0423. The van der Waals surface area contributed by atoms with Gasteiger partial charge in [-0.3, -0.25) is 4.79 Å². The number of likely N-dealkylation sites (N-methyl/N-ethyl adjacent to an activating group) is 1. The van der Waals surface area contributed by atoms with Crippen LogP contribution in [0, 0.1) is 0 Å². The number of fused-ring (bicyclic) bond motifs is 3. The Morgan fingerprint density at radius 3 is 2.47 bits per heavy atom. The van der Waals surface area contributed by atoms with Gasteiger partial charge in [-0.25, -0.2) is 0 Å². The summed E-state index contributed by atoms with van der Waals surface area (Å²) >= 11 is 6.46. The summed E-state index contributed by atoms with van der Waals surface area (Å²) < 4.78 is 7.41. The van der Waals surface area contributed by atoms with Gasteiger partial charge in [0.1, 0.15) is 12.3 Å². The topological polar surface area (TPSA) is 34.5 Å². The first-order valence-electron chi connectivity index (χ1n) is 11.2. The van der Waals surface area contributed by atoms with Crippen molar-refractivity contribution in [3.63, 3.8) is 0 Å². The molecule has 0 saturated heterocycles. The zero-order valence-electron chi connectivity index (χ0n) is 19.2. The Morgan fingerprint density at radius 2 is 1.65 bits per heavy atom. The monoisotopic (exact) mass is 468 g/mol. The van der Waals surface area contributed by atoms with E-state index in [9.17, 15) is 4.79 Å². The molecule has 5 rings (SSSR count). The highest BCUT2D eigenvalue weighted by Crippen LogP contribution is 2.35. The van der Waals surface area contributed by atoms with Crippen molar-refractivity contribution >= 4 is 39.3 Å². The molecular formula is C29H25ClN2O2. The number of halogens is 1. The van der Waals surface area contributed by atoms with Gasteiger partial charge in [0.05, 0.1) is 7.11 Å². The number of methoxy groups -OCH3 is 1. The maximum atomic E-state index is 13.2. The van der Waals surface area contributed by atoms with E-state index in [1.165, 1.54) is 0 Å². The number of carbonyl (C=O) groups excluding carboxylic acids is 1. The molecule has 34 heavy (non-hydrogen) atoms. The van der Waals surface area contributed by atoms with Crippen LogP contribution < -0.4 is 4.74 Å². The average molecular weight is 469 g/mol. The minimum absolute atomic E-state index is 0.0423. The van der Waals surface area contributed by atoms with E-state index in [4.69, 9.17) is 16.3 Å². The van der Waals surface area contributed by atoms with Crippen molar-refractivity contribution in [3.8, 4) is 16.9 Å². The Morgan fingerprint density at radius 1 is 0.882 bits per heavy atom. The highest BCUT2D eigenvalue weighted by Gasteiger charge is 2.17. The molecule has 1 amide bonds. The molecule has 0 saturated carbocycles. The highest BCUT2D eigenvalue weighted by atomic mass is 35.5. The molecule has 0 radical (unpaired) electrons. The molecule has 0 spiro atoms. The predicted molar refractivity (Wildman–Crippen MR) is 139 cm³/mol. The Labute approximate surface area is 203 Å². The number of carbonyl (C=O) groups is 1. The Balaban J connectivity index is 1.50. The van der Waals surface area contributed by atoms with Gasteiger partial charge in [-0.1, -0.05) is 66.2 Å². The summed E-state index contributed by atoms with van der Waals surface area (Å²) in [7, 11) is 3.48. The zero-order chi connectivity index (χ0) is 23.7. The summed E-state index contributed by atoms with van der Waals surface area (Å²) in [6, 6.07) is 30.2. The number of amides is 1. The van der Waals surface area contributed by atoms with Crippen molar-refractivity contribution in [1.29, 1.82) is 0 Å². The van der Waals surface area contributed by atoms with Crippen LogP contribution in [0.25, 0.3) is 32.9 Å². The Hall–Kier alpha value is -3.76. The third-order valence-electron chi connectivity index (χ3n) is 6.23. The second-order valence-electron chi connectivity index (χ2n) is 8.42. The molecule has 0 bridgehead atoms. The molecule has 0 aliphatic heterocycles. The second-order valence-corrected chi connectivity index (χ2v) is 8.82. The Kier molecular flexibility index (Phi) is 5.99. The van der Waals surface area contributed by atoms with Crippen LogP contribution in [0.3, 0.4) is 0 Å². The van der Waals surface area contributed by atoms with Crippen molar-refractivity contribution in [2.45, 2.75) is 13.1 Å². The average Bonchev–Trinajstić information content (AvgIpc) is 3.17. The van der Waals surface area contributed by atoms with E-state index in [1.54, 1.807) is 12.0 Å². The lowest BCUT2D eigenvalue weighted by Crippen LogP contribution is -2.29. The molecule has 0 aliphatic carbocycles. The quantitative estimate of drug-likeness (QED) is 0.275. The van der Waals surface area contributed by atoms with E-state index in [-0.39, 0.29) is 12.5 Å². The van der Waals surface area contributed by atoms with Crippen LogP contribution in [-0.2, 0) is 17.9 Å². The minimum Gasteiger partial charge on any atom is -0.497 e. The van der Waals surface area contributed by atoms with Crippen molar-refractivity contribution in [2.24, 2.45) is 0 Å². The fraction of sp³-hybridized carbons (Fsp3) is 0.138. The van der Waals surface area contributed by atoms with Crippen molar-refractivity contribution in [1.82, 2.24) is 9.47 Å². The molecular weight excluding hydrogens is 444 g/mol. The van der Waals surface area contributed by atoms with Gasteiger partial charge in [0.15, 0.2) is 0 Å². The van der Waals surface area contributed by atoms with Gasteiger partial charge in [-0.15, -0.1) is 0 Å². The van der Waals surface area contributed by atoms with Crippen molar-refractivity contribution < 1.29 is 9.53 Å². The van der Waals surface area contributed by atoms with Gasteiger partial charge in [0.2, 0.25) is 5.91 Å². The third kappa shape index (κ3) is 4.13. The van der Waals surface area contributed by atoms with Crippen LogP contribution in [-0.4, -0.2) is 29.5 Å². The number of hydrogen-bond acceptors (Lipinski definition) is 2. The van der Waals surface area contributed by atoms with E-state index < -0.39 is 0 Å². The lowest BCUT2D eigenvalue weighted by atomic mass is 10.0. The summed E-state index contributed by atoms with van der Waals surface area (Å²) in [5, 5.41) is 2.95. The molecule has 0 aliphatic rings. The van der Waals surface area contributed by atoms with Crippen molar-refractivity contribution in [3.05, 3.63) is 102 Å². The number of hydrogen-bond donors (Lipinski definition) is 0. The molecule has 0 N–H and O–H groups in total. The number of benzene rings is 4. The Bertz CT molecular complexity index is 1510. The molecule has 4 nitrogen and oxygen atoms in total. The smallest absolute Gasteiger partial charge is 0.242 e. The zero-order valence-corrected chi connectivity index (χ0v) is 19.9. The lowest BCUT2D eigenvalue weighted by Gasteiger charge is -2.19. The number of para-hydroxylation sites is 1. The number of rotatable bonds is 6. The molecule has 170 valence electrons. The normalized spacial score (nSPS) is 11.1. The molecule has 0 unspecified atom stereocenters. The van der Waals surface area contributed by atoms with Gasteiger partial charge < -0.3 is 14.2 Å². The first kappa shape index (κ1) is 22.1. The summed E-state index contributed by atoms with van der Waals surface area (Å²) in [5.41, 5.74) is 5.15. The van der Waals surface area contributed by atoms with Crippen LogP contribution in [0.2, 0.25) is 5.02 Å². The van der Waals surface area contributed by atoms with E-state index in [0.717, 1.165) is 49.3 Å². The summed E-state index contributed by atoms with van der Waals surface area (Å²) in [6.45, 7) is 0.778. The number of nitrogens with zero attached hydrogens (tertiary/aromatic N) is 2. The van der Waals surface area contributed by atoms with Gasteiger partial charge in [0, 0.05) is 46.0 Å². The van der Waals surface area contributed by atoms with Gasteiger partial charge in [-0.05, 0) is 47.5 Å². The van der Waals surface area contributed by atoms with E-state index in [0.29, 0.717) is 6.54 Å². The van der Waals surface area contributed by atoms with Crippen LogP contribution in [0.1, 0.15) is 5.56 Å². The second kappa shape index (κ2) is 9.24. The summed E-state index contributed by atoms with van der Waals surface area (Å²) in [5.74, 6) is 0.829. The molecule has 5 aromatic rings. The molecule has 1 aromatic heterocycles. The first-order chi connectivity index (χ1) is 16.5. The number of ether oxygens (including phenoxy) is 1. The highest BCUT2D eigenvalue weighted by molar-refractivity contribution is 6.33. The third-order valence-corrected chi connectivity index (χ3v) is 6.56. The van der Waals surface area contributed by atoms with Crippen molar-refractivity contribution in [2.75, 3.05) is 14.2 Å². The summed E-state index contributed by atoms with van der Waals surface area (Å²) in [6.07, 6.45) is 0. The number of aromatic nitrogens is 1. The predicted octanol–water partition coefficient (Wildman–Crippen LogP) is 6.78. The largest absolute Gasteiger partial charge is 0.497 e. The summed E-state index contributed by atoms with van der Waals surface area (Å²) in [4.78, 5) is 15.0. The standard InChI is InChI=1S/C29H25ClN2O2/c1-31(18-20-8-7-9-22(16-20)34-2)29(33)19-32-27-13-6-4-11-24(27)25-17-21(14-15-28(25)32)23-10-3-5-12-26(23)30/h3-17H,18-19H2,1-2H3. The molecule has 5 heteroatoms. The lowest BCUT2D eigenvalue weighted by molar-refractivity contribution is -0.130. The van der Waals surface area contributed by atoms with Gasteiger partial charge in [0.25, 0.3) is 0 Å². The fourth-order valence-corrected chi connectivity index (χ4v) is 4.72. The molecule has 0 atom stereocenters. The maximum Gasteiger partial charge on any atom is 0.242 e. The van der Waals surface area contributed by atoms with E-state index in [2.05, 4.69) is 34.9 Å². The van der Waals surface area contributed by atoms with Crippen LogP contribution in [0.15, 0.2) is 91.0 Å². The van der Waals surface area contributed by atoms with Gasteiger partial charge >= 0.3 is 0 Å². The van der Waals surface area contributed by atoms with Crippen LogP contribution in [0.5, 0.6) is 5.75 Å². The molecule has 0 fully saturated rings. The maximum absolute atomic E-state index is 13.2. The molecule has 4 aromatic carbocycles. The van der Waals surface area contributed by atoms with Crippen LogP contribution in [0.4, 0.5) is 0 Å².